The number of hydrogen-bond donors (Lipinski definition) is 0. The Morgan fingerprint density at radius 3 is 2.73 bits per heavy atom. The molecule has 0 saturated heterocycles. The number of rotatable bonds is 5. The van der Waals surface area contributed by atoms with Gasteiger partial charge in [-0.05, 0) is 52.3 Å². The Kier molecular flexibility index (Phi) is 5.35. The van der Waals surface area contributed by atoms with E-state index in [1.54, 1.807) is 23.0 Å². The predicted molar refractivity (Wildman–Crippen MR) is 115 cm³/mol. The SMILES string of the molecule is CN(N=Cc1cnc2ccc(-c3cccnc3)cn12)S(=O)(=O)c1ccc(F)cc1Br. The average Bonchev–Trinajstić information content (AvgIpc) is 3.14. The van der Waals surface area contributed by atoms with Gasteiger partial charge in [-0.3, -0.25) is 9.38 Å². The number of halogens is 2. The monoisotopic (exact) mass is 487 g/mol. The van der Waals surface area contributed by atoms with Crippen LogP contribution in [0, 0.1) is 5.82 Å². The van der Waals surface area contributed by atoms with Crippen molar-refractivity contribution in [3.05, 3.63) is 83.2 Å². The van der Waals surface area contributed by atoms with Gasteiger partial charge in [0.1, 0.15) is 16.4 Å². The van der Waals surface area contributed by atoms with Gasteiger partial charge in [0.05, 0.1) is 18.1 Å². The Morgan fingerprint density at radius 1 is 1.17 bits per heavy atom. The molecule has 0 atom stereocenters. The van der Waals surface area contributed by atoms with Crippen molar-refractivity contribution in [1.29, 1.82) is 0 Å². The molecule has 4 aromatic rings. The molecule has 1 aromatic carbocycles. The van der Waals surface area contributed by atoms with E-state index in [1.165, 1.54) is 19.3 Å². The van der Waals surface area contributed by atoms with E-state index in [-0.39, 0.29) is 9.37 Å². The van der Waals surface area contributed by atoms with Crippen LogP contribution < -0.4 is 0 Å². The lowest BCUT2D eigenvalue weighted by molar-refractivity contribution is 0.490. The summed E-state index contributed by atoms with van der Waals surface area (Å²) in [7, 11) is -2.65. The lowest BCUT2D eigenvalue weighted by Crippen LogP contribution is -2.22. The van der Waals surface area contributed by atoms with Gasteiger partial charge in [0.25, 0.3) is 10.0 Å². The summed E-state index contributed by atoms with van der Waals surface area (Å²) in [6.07, 6.45) is 8.34. The molecule has 0 N–H and O–H groups in total. The lowest BCUT2D eigenvalue weighted by atomic mass is 10.1. The van der Waals surface area contributed by atoms with E-state index in [9.17, 15) is 12.8 Å². The molecule has 0 amide bonds. The van der Waals surface area contributed by atoms with Crippen LogP contribution in [0.2, 0.25) is 0 Å². The second-order valence-electron chi connectivity index (χ2n) is 6.33. The number of hydrazone groups is 1. The number of nitrogens with zero attached hydrogens (tertiary/aromatic N) is 5. The minimum atomic E-state index is -3.96. The summed E-state index contributed by atoms with van der Waals surface area (Å²) in [6, 6.07) is 10.9. The third-order valence-corrected chi connectivity index (χ3v) is 7.02. The number of hydrogen-bond acceptors (Lipinski definition) is 5. The molecule has 152 valence electrons. The molecule has 0 radical (unpaired) electrons. The molecule has 0 spiro atoms. The van der Waals surface area contributed by atoms with E-state index >= 15 is 0 Å². The van der Waals surface area contributed by atoms with Gasteiger partial charge in [-0.15, -0.1) is 0 Å². The highest BCUT2D eigenvalue weighted by atomic mass is 79.9. The summed E-state index contributed by atoms with van der Waals surface area (Å²) in [4.78, 5) is 8.36. The topological polar surface area (TPSA) is 79.9 Å². The Labute approximate surface area is 180 Å². The maximum Gasteiger partial charge on any atom is 0.279 e. The summed E-state index contributed by atoms with van der Waals surface area (Å²) in [6.45, 7) is 0. The van der Waals surface area contributed by atoms with Crippen LogP contribution in [0.3, 0.4) is 0 Å². The minimum absolute atomic E-state index is 0.0828. The Morgan fingerprint density at radius 2 is 2.00 bits per heavy atom. The molecular formula is C20H15BrFN5O2S. The van der Waals surface area contributed by atoms with Gasteiger partial charge in [0.2, 0.25) is 0 Å². The van der Waals surface area contributed by atoms with Crippen molar-refractivity contribution in [2.75, 3.05) is 7.05 Å². The highest BCUT2D eigenvalue weighted by Gasteiger charge is 2.22. The zero-order valence-electron chi connectivity index (χ0n) is 15.6. The van der Waals surface area contributed by atoms with Crippen LogP contribution >= 0.6 is 15.9 Å². The molecule has 7 nitrogen and oxygen atoms in total. The molecule has 4 rings (SSSR count). The number of pyridine rings is 2. The fourth-order valence-corrected chi connectivity index (χ4v) is 4.79. The largest absolute Gasteiger partial charge is 0.298 e. The van der Waals surface area contributed by atoms with Crippen molar-refractivity contribution in [1.82, 2.24) is 18.8 Å². The standard InChI is InChI=1S/C20H15BrFN5O2S/c1-26(30(28,29)19-6-5-16(22)9-18(19)21)25-12-17-11-24-20-7-4-15(13-27(17)20)14-3-2-8-23-10-14/h2-13H,1H3. The van der Waals surface area contributed by atoms with E-state index in [1.807, 2.05) is 30.5 Å². The number of fused-ring (bicyclic) bond motifs is 1. The second-order valence-corrected chi connectivity index (χ2v) is 9.10. The summed E-state index contributed by atoms with van der Waals surface area (Å²) >= 11 is 3.09. The Hall–Kier alpha value is -3.11. The zero-order chi connectivity index (χ0) is 21.3. The Balaban J connectivity index is 1.66. The molecule has 3 heterocycles. The van der Waals surface area contributed by atoms with E-state index in [4.69, 9.17) is 0 Å². The van der Waals surface area contributed by atoms with Gasteiger partial charge in [0.15, 0.2) is 0 Å². The summed E-state index contributed by atoms with van der Waals surface area (Å²) in [5, 5.41) is 4.06. The first-order chi connectivity index (χ1) is 14.4. The van der Waals surface area contributed by atoms with E-state index in [0.717, 1.165) is 27.7 Å². The first kappa shape index (κ1) is 20.2. The van der Waals surface area contributed by atoms with Crippen LogP contribution in [-0.2, 0) is 10.0 Å². The van der Waals surface area contributed by atoms with Gasteiger partial charge < -0.3 is 0 Å². The van der Waals surface area contributed by atoms with Crippen molar-refractivity contribution in [3.63, 3.8) is 0 Å². The van der Waals surface area contributed by atoms with Crippen molar-refractivity contribution in [2.45, 2.75) is 4.90 Å². The predicted octanol–water partition coefficient (Wildman–Crippen LogP) is 3.95. The maximum atomic E-state index is 13.3. The lowest BCUT2D eigenvalue weighted by Gasteiger charge is -2.14. The fraction of sp³-hybridized carbons (Fsp3) is 0.0500. The molecule has 0 bridgehead atoms. The third kappa shape index (κ3) is 3.83. The van der Waals surface area contributed by atoms with E-state index in [0.29, 0.717) is 11.3 Å². The van der Waals surface area contributed by atoms with Crippen molar-refractivity contribution >= 4 is 37.8 Å². The molecule has 30 heavy (non-hydrogen) atoms. The molecule has 0 fully saturated rings. The van der Waals surface area contributed by atoms with Crippen molar-refractivity contribution in [2.24, 2.45) is 5.10 Å². The molecule has 0 aliphatic rings. The number of aromatic nitrogens is 3. The fourth-order valence-electron chi connectivity index (χ4n) is 2.83. The molecule has 3 aromatic heterocycles. The van der Waals surface area contributed by atoms with Crippen LogP contribution in [0.25, 0.3) is 16.8 Å². The number of benzene rings is 1. The van der Waals surface area contributed by atoms with Crippen LogP contribution in [-0.4, -0.2) is 40.5 Å². The quantitative estimate of drug-likeness (QED) is 0.315. The van der Waals surface area contributed by atoms with Crippen molar-refractivity contribution in [3.8, 4) is 11.1 Å². The van der Waals surface area contributed by atoms with Crippen LogP contribution in [0.4, 0.5) is 4.39 Å². The average molecular weight is 488 g/mol. The second kappa shape index (κ2) is 7.96. The number of imidazole rings is 1. The smallest absolute Gasteiger partial charge is 0.279 e. The van der Waals surface area contributed by atoms with Crippen LogP contribution in [0.5, 0.6) is 0 Å². The first-order valence-electron chi connectivity index (χ1n) is 8.72. The number of sulfonamides is 1. The summed E-state index contributed by atoms with van der Waals surface area (Å²) < 4.78 is 41.6. The first-order valence-corrected chi connectivity index (χ1v) is 10.9. The van der Waals surface area contributed by atoms with Gasteiger partial charge in [-0.25, -0.2) is 9.37 Å². The van der Waals surface area contributed by atoms with Gasteiger partial charge in [-0.2, -0.15) is 17.9 Å². The molecule has 0 aliphatic carbocycles. The molecule has 0 aliphatic heterocycles. The van der Waals surface area contributed by atoms with Gasteiger partial charge in [-0.1, -0.05) is 6.07 Å². The Bertz CT molecular complexity index is 1360. The minimum Gasteiger partial charge on any atom is -0.298 e. The molecule has 0 saturated carbocycles. The maximum absolute atomic E-state index is 13.3. The van der Waals surface area contributed by atoms with Gasteiger partial charge in [0, 0.05) is 41.2 Å². The van der Waals surface area contributed by atoms with Crippen molar-refractivity contribution < 1.29 is 12.8 Å². The molecular weight excluding hydrogens is 473 g/mol. The summed E-state index contributed by atoms with van der Waals surface area (Å²) in [5.74, 6) is -0.540. The highest BCUT2D eigenvalue weighted by molar-refractivity contribution is 9.10. The van der Waals surface area contributed by atoms with E-state index in [2.05, 4.69) is 31.0 Å². The van der Waals surface area contributed by atoms with Gasteiger partial charge >= 0.3 is 0 Å². The van der Waals surface area contributed by atoms with Crippen LogP contribution in [0.15, 0.2) is 81.7 Å². The van der Waals surface area contributed by atoms with Crippen LogP contribution in [0.1, 0.15) is 5.69 Å². The zero-order valence-corrected chi connectivity index (χ0v) is 18.0. The summed E-state index contributed by atoms with van der Waals surface area (Å²) in [5.41, 5.74) is 3.16. The van der Waals surface area contributed by atoms with E-state index < -0.39 is 15.8 Å². The normalized spacial score (nSPS) is 12.0. The molecule has 0 unspecified atom stereocenters. The third-order valence-electron chi connectivity index (χ3n) is 4.40. The highest BCUT2D eigenvalue weighted by Crippen LogP contribution is 2.25. The molecule has 10 heteroatoms.